The molecular weight excluding hydrogens is 377 g/mol. The van der Waals surface area contributed by atoms with Gasteiger partial charge < -0.3 is 14.8 Å². The number of halogens is 1. The second-order valence-electron chi connectivity index (χ2n) is 6.13. The maximum atomic E-state index is 12.9. The third-order valence-electron chi connectivity index (χ3n) is 4.10. The molecule has 8 heteroatoms. The number of aromatic nitrogens is 2. The van der Waals surface area contributed by atoms with E-state index in [1.165, 1.54) is 23.9 Å². The van der Waals surface area contributed by atoms with Crippen LogP contribution in [-0.4, -0.2) is 41.9 Å². The first-order valence-electron chi connectivity index (χ1n) is 8.94. The van der Waals surface area contributed by atoms with Gasteiger partial charge in [0.1, 0.15) is 5.82 Å². The van der Waals surface area contributed by atoms with Crippen molar-refractivity contribution < 1.29 is 23.5 Å². The number of amides is 1. The van der Waals surface area contributed by atoms with Gasteiger partial charge in [0.2, 0.25) is 5.69 Å². The van der Waals surface area contributed by atoms with Gasteiger partial charge in [-0.25, -0.2) is 13.9 Å². The Kier molecular flexibility index (Phi) is 6.57. The third-order valence-corrected chi connectivity index (χ3v) is 4.10. The van der Waals surface area contributed by atoms with E-state index in [4.69, 9.17) is 9.47 Å². The summed E-state index contributed by atoms with van der Waals surface area (Å²) in [6.45, 7) is -0.0996. The number of hydrogen-bond acceptors (Lipinski definition) is 5. The van der Waals surface area contributed by atoms with Crippen LogP contribution in [0.15, 0.2) is 60.8 Å². The highest BCUT2D eigenvalue weighted by molar-refractivity contribution is 5.92. The molecule has 0 atom stereocenters. The van der Waals surface area contributed by atoms with Gasteiger partial charge in [0.25, 0.3) is 5.91 Å². The molecule has 7 nitrogen and oxygen atoms in total. The maximum absolute atomic E-state index is 12.9. The first-order valence-corrected chi connectivity index (χ1v) is 8.94. The topological polar surface area (TPSA) is 82.5 Å². The quantitative estimate of drug-likeness (QED) is 0.591. The van der Waals surface area contributed by atoms with Crippen molar-refractivity contribution in [3.05, 3.63) is 77.9 Å². The second-order valence-corrected chi connectivity index (χ2v) is 6.13. The van der Waals surface area contributed by atoms with Crippen molar-refractivity contribution in [2.75, 3.05) is 20.3 Å². The van der Waals surface area contributed by atoms with Crippen molar-refractivity contribution in [3.63, 3.8) is 0 Å². The van der Waals surface area contributed by atoms with Gasteiger partial charge in [-0.3, -0.25) is 4.79 Å². The van der Waals surface area contributed by atoms with Crippen LogP contribution in [0, 0.1) is 5.82 Å². The highest BCUT2D eigenvalue weighted by atomic mass is 19.1. The summed E-state index contributed by atoms with van der Waals surface area (Å²) in [5, 5.41) is 6.84. The van der Waals surface area contributed by atoms with E-state index < -0.39 is 18.5 Å². The molecule has 3 aromatic rings. The predicted molar refractivity (Wildman–Crippen MR) is 104 cm³/mol. The molecule has 1 amide bonds. The molecule has 0 aliphatic rings. The molecular formula is C21H20FN3O4. The smallest absolute Gasteiger partial charge is 0.363 e. The molecule has 1 N–H and O–H groups in total. The lowest BCUT2D eigenvalue weighted by molar-refractivity contribution is -0.124. The Morgan fingerprint density at radius 2 is 1.83 bits per heavy atom. The molecule has 0 spiro atoms. The van der Waals surface area contributed by atoms with Gasteiger partial charge in [0.15, 0.2) is 12.4 Å². The van der Waals surface area contributed by atoms with E-state index in [-0.39, 0.29) is 17.3 Å². The third kappa shape index (κ3) is 5.41. The lowest BCUT2D eigenvalue weighted by atomic mass is 10.1. The zero-order valence-electron chi connectivity index (χ0n) is 15.8. The lowest BCUT2D eigenvalue weighted by Gasteiger charge is -2.06. The fraction of sp³-hybridized carbons (Fsp3) is 0.190. The molecule has 150 valence electrons. The summed E-state index contributed by atoms with van der Waals surface area (Å²) in [5.74, 6) is -1.27. The molecule has 0 bridgehead atoms. The van der Waals surface area contributed by atoms with Gasteiger partial charge in [-0.2, -0.15) is 5.10 Å². The van der Waals surface area contributed by atoms with Crippen molar-refractivity contribution >= 4 is 11.9 Å². The number of benzene rings is 2. The van der Waals surface area contributed by atoms with E-state index in [0.717, 1.165) is 11.3 Å². The van der Waals surface area contributed by atoms with E-state index in [0.29, 0.717) is 13.0 Å². The van der Waals surface area contributed by atoms with E-state index in [2.05, 4.69) is 10.4 Å². The highest BCUT2D eigenvalue weighted by Gasteiger charge is 2.20. The Morgan fingerprint density at radius 3 is 2.52 bits per heavy atom. The van der Waals surface area contributed by atoms with Crippen LogP contribution >= 0.6 is 0 Å². The van der Waals surface area contributed by atoms with Crippen LogP contribution in [0.25, 0.3) is 5.69 Å². The van der Waals surface area contributed by atoms with Crippen LogP contribution in [0.4, 0.5) is 4.39 Å². The number of methoxy groups -OCH3 is 1. The summed E-state index contributed by atoms with van der Waals surface area (Å²) in [7, 11) is 1.42. The first kappa shape index (κ1) is 20.1. The predicted octanol–water partition coefficient (Wildman–Crippen LogP) is 2.54. The van der Waals surface area contributed by atoms with Crippen molar-refractivity contribution in [2.24, 2.45) is 0 Å². The van der Waals surface area contributed by atoms with Crippen molar-refractivity contribution in [2.45, 2.75) is 6.42 Å². The van der Waals surface area contributed by atoms with Crippen LogP contribution in [0.2, 0.25) is 0 Å². The van der Waals surface area contributed by atoms with Crippen molar-refractivity contribution in [3.8, 4) is 11.4 Å². The summed E-state index contributed by atoms with van der Waals surface area (Å²) in [6, 6.07) is 15.2. The molecule has 0 aliphatic carbocycles. The average Bonchev–Trinajstić information content (AvgIpc) is 3.19. The first-order chi connectivity index (χ1) is 14.1. The van der Waals surface area contributed by atoms with Crippen LogP contribution in [-0.2, 0) is 16.0 Å². The SMILES string of the molecule is COc1cn(-c2ccccc2)nc1C(=O)OCC(=O)NCCc1ccc(F)cc1. The number of esters is 1. The largest absolute Gasteiger partial charge is 0.493 e. The number of carbonyl (C=O) groups is 2. The minimum Gasteiger partial charge on any atom is -0.493 e. The molecule has 1 heterocycles. The van der Waals surface area contributed by atoms with Gasteiger partial charge in [0, 0.05) is 6.54 Å². The highest BCUT2D eigenvalue weighted by Crippen LogP contribution is 2.20. The normalized spacial score (nSPS) is 10.4. The number of nitrogens with zero attached hydrogens (tertiary/aromatic N) is 2. The minimum absolute atomic E-state index is 0.0181. The zero-order chi connectivity index (χ0) is 20.6. The van der Waals surface area contributed by atoms with Gasteiger partial charge in [-0.15, -0.1) is 0 Å². The number of hydrogen-bond donors (Lipinski definition) is 1. The van der Waals surface area contributed by atoms with Gasteiger partial charge >= 0.3 is 5.97 Å². The van der Waals surface area contributed by atoms with Crippen molar-refractivity contribution in [1.82, 2.24) is 15.1 Å². The van der Waals surface area contributed by atoms with Crippen LogP contribution in [0.1, 0.15) is 16.1 Å². The Bertz CT molecular complexity index is 971. The number of rotatable bonds is 8. The molecule has 0 aliphatic heterocycles. The monoisotopic (exact) mass is 397 g/mol. The Hall–Kier alpha value is -3.68. The summed E-state index contributed by atoms with van der Waals surface area (Å²) in [4.78, 5) is 24.2. The molecule has 1 aromatic heterocycles. The van der Waals surface area contributed by atoms with Crippen LogP contribution in [0.3, 0.4) is 0 Å². The van der Waals surface area contributed by atoms with Crippen LogP contribution in [0.5, 0.6) is 5.75 Å². The van der Waals surface area contributed by atoms with E-state index in [9.17, 15) is 14.0 Å². The maximum Gasteiger partial charge on any atom is 0.363 e. The van der Waals surface area contributed by atoms with Gasteiger partial charge in [-0.05, 0) is 36.2 Å². The number of carbonyl (C=O) groups excluding carboxylic acids is 2. The standard InChI is InChI=1S/C21H20FN3O4/c1-28-18-13-25(17-5-3-2-4-6-17)24-20(18)21(27)29-14-19(26)23-12-11-15-7-9-16(22)10-8-15/h2-10,13H,11-12,14H2,1H3,(H,23,26). The van der Waals surface area contributed by atoms with Gasteiger partial charge in [0.05, 0.1) is 19.0 Å². The summed E-state index contributed by atoms with van der Waals surface area (Å²) in [5.41, 5.74) is 1.62. The number of nitrogens with one attached hydrogen (secondary N) is 1. The van der Waals surface area contributed by atoms with E-state index in [1.54, 1.807) is 18.3 Å². The van der Waals surface area contributed by atoms with Crippen LogP contribution < -0.4 is 10.1 Å². The molecule has 29 heavy (non-hydrogen) atoms. The molecule has 2 aromatic carbocycles. The summed E-state index contributed by atoms with van der Waals surface area (Å²) in [6.07, 6.45) is 2.10. The Labute approximate surface area is 167 Å². The second kappa shape index (κ2) is 9.50. The molecule has 0 radical (unpaired) electrons. The molecule has 3 rings (SSSR count). The Balaban J connectivity index is 1.51. The van der Waals surface area contributed by atoms with Gasteiger partial charge in [-0.1, -0.05) is 30.3 Å². The number of ether oxygens (including phenoxy) is 2. The Morgan fingerprint density at radius 1 is 1.10 bits per heavy atom. The van der Waals surface area contributed by atoms with E-state index in [1.807, 2.05) is 30.3 Å². The minimum atomic E-state index is -0.759. The lowest BCUT2D eigenvalue weighted by Crippen LogP contribution is -2.30. The molecule has 0 saturated heterocycles. The molecule has 0 fully saturated rings. The number of para-hydroxylation sites is 1. The van der Waals surface area contributed by atoms with E-state index >= 15 is 0 Å². The van der Waals surface area contributed by atoms with Crippen molar-refractivity contribution in [1.29, 1.82) is 0 Å². The summed E-state index contributed by atoms with van der Waals surface area (Å²) < 4.78 is 24.6. The fourth-order valence-corrected chi connectivity index (χ4v) is 2.61. The summed E-state index contributed by atoms with van der Waals surface area (Å²) >= 11 is 0. The molecule has 0 unspecified atom stereocenters. The molecule has 0 saturated carbocycles. The zero-order valence-corrected chi connectivity index (χ0v) is 15.8. The average molecular weight is 397 g/mol. The fourth-order valence-electron chi connectivity index (χ4n) is 2.61.